The molecule has 46 heteroatoms. The number of carboxylic acid groups (broad SMARTS) is 1. The summed E-state index contributed by atoms with van der Waals surface area (Å²) in [5.41, 5.74) is 17.4. The van der Waals surface area contributed by atoms with Crippen LogP contribution in [0.25, 0.3) is 0 Å². The summed E-state index contributed by atoms with van der Waals surface area (Å²) in [6.07, 6.45) is -0.779. The number of phenols is 2. The number of nitrogens with one attached hydrogen (secondary N) is 20. The predicted molar refractivity (Wildman–Crippen MR) is 390 cm³/mol. The Morgan fingerprint density at radius 2 is 0.580 bits per heavy atom. The number of carbonyl (C=O) groups excluding carboxylic acids is 16. The summed E-state index contributed by atoms with van der Waals surface area (Å²) in [5, 5.41) is 115. The van der Waals surface area contributed by atoms with Crippen LogP contribution in [0.2, 0.25) is 0 Å². The van der Waals surface area contributed by atoms with Crippen LogP contribution in [-0.4, -0.2) is 283 Å². The number of benzene rings is 3. The van der Waals surface area contributed by atoms with Gasteiger partial charge in [0.05, 0.1) is 78.7 Å². The van der Waals surface area contributed by atoms with Crippen molar-refractivity contribution in [1.29, 1.82) is 10.8 Å². The first-order valence-corrected chi connectivity index (χ1v) is 34.3. The molecule has 32 N–H and O–H groups in total. The SMILES string of the molecule is N=C(N)NCCC[C@H](NC(=O)[C@H](CCCNC(=N)N)NC(=O)[C@H](CO)NC(=O)CNC(=O)[C@H](Cc1ccc(O)cc1)NC(=O)CNC(=O)CNC(=O)[C@H](CO)NC(=O)CNC(=O)CNC(=O)CNC(=O)[C@H](CO)NC(=O)CNC(=O)[C@H](Cc1ccc(O)cc1)NC(=O)CNC(=O)CN)C(=O)N[C@@H](Cc1ccccc1)C(=O)O. The van der Waals surface area contributed by atoms with Crippen LogP contribution in [0.3, 0.4) is 0 Å². The highest BCUT2D eigenvalue weighted by Gasteiger charge is 2.33. The molecule has 612 valence electrons. The van der Waals surface area contributed by atoms with E-state index in [-0.39, 0.29) is 69.5 Å². The molecule has 3 aromatic carbocycles. The summed E-state index contributed by atoms with van der Waals surface area (Å²) in [6, 6.07) is 6.74. The van der Waals surface area contributed by atoms with Gasteiger partial charge in [-0.1, -0.05) is 54.6 Å². The van der Waals surface area contributed by atoms with E-state index in [2.05, 4.69) is 95.7 Å². The molecular formula is C66H95N23O23. The van der Waals surface area contributed by atoms with Crippen molar-refractivity contribution in [2.24, 2.45) is 17.2 Å². The van der Waals surface area contributed by atoms with Crippen LogP contribution in [0.4, 0.5) is 0 Å². The molecule has 0 aliphatic carbocycles. The maximum atomic E-state index is 14.0. The molecule has 0 saturated heterocycles. The largest absolute Gasteiger partial charge is 0.508 e. The third-order valence-electron chi connectivity index (χ3n) is 15.4. The third kappa shape index (κ3) is 37.9. The summed E-state index contributed by atoms with van der Waals surface area (Å²) < 4.78 is 0. The first kappa shape index (κ1) is 92.8. The van der Waals surface area contributed by atoms with E-state index in [4.69, 9.17) is 28.0 Å². The van der Waals surface area contributed by atoms with Crippen LogP contribution in [0, 0.1) is 10.8 Å². The lowest BCUT2D eigenvalue weighted by molar-refractivity contribution is -0.142. The number of nitrogens with two attached hydrogens (primary N) is 3. The molecule has 0 heterocycles. The van der Waals surface area contributed by atoms with E-state index in [1.54, 1.807) is 30.3 Å². The van der Waals surface area contributed by atoms with Crippen LogP contribution in [0.15, 0.2) is 78.9 Å². The minimum Gasteiger partial charge on any atom is -0.508 e. The van der Waals surface area contributed by atoms with E-state index in [0.717, 1.165) is 0 Å². The number of carbonyl (C=O) groups is 17. The van der Waals surface area contributed by atoms with Gasteiger partial charge < -0.3 is 144 Å². The van der Waals surface area contributed by atoms with Crippen molar-refractivity contribution in [3.8, 4) is 11.5 Å². The lowest BCUT2D eigenvalue weighted by Crippen LogP contribution is -2.59. The second kappa shape index (κ2) is 50.3. The van der Waals surface area contributed by atoms with E-state index in [1.807, 2.05) is 0 Å². The van der Waals surface area contributed by atoms with Gasteiger partial charge in [0.15, 0.2) is 11.9 Å². The highest BCUT2D eigenvalue weighted by Crippen LogP contribution is 2.14. The van der Waals surface area contributed by atoms with Crippen molar-refractivity contribution in [1.82, 2.24) is 95.7 Å². The molecule has 3 rings (SSSR count). The molecule has 0 aliphatic rings. The normalized spacial score (nSPS) is 12.7. The molecule has 0 fully saturated rings. The molecular weight excluding hydrogens is 1480 g/mol. The zero-order chi connectivity index (χ0) is 83.2. The molecule has 0 radical (unpaired) electrons. The number of phenolic OH excluding ortho intramolecular Hbond substituents is 2. The lowest BCUT2D eigenvalue weighted by atomic mass is 10.0. The number of aromatic hydroxyl groups is 2. The Balaban J connectivity index is 1.51. The van der Waals surface area contributed by atoms with Gasteiger partial charge in [0.1, 0.15) is 59.8 Å². The predicted octanol–water partition coefficient (Wildman–Crippen LogP) is -13.5. The Kier molecular flexibility index (Phi) is 41.7. The molecule has 0 aromatic heterocycles. The van der Waals surface area contributed by atoms with Gasteiger partial charge in [-0.3, -0.25) is 87.5 Å². The van der Waals surface area contributed by atoms with Crippen molar-refractivity contribution >= 4 is 112 Å². The Morgan fingerprint density at radius 3 is 0.911 bits per heavy atom. The standard InChI is InChI=1S/C66H95N23O23/c67-23-48(95)74-27-52(99)82-42(20-36-10-14-38(93)15-11-36)57(104)80-30-55(102)85-46(33-91)60(107)78-25-50(97)75-24-49(96)76-29-54(101)84-45(32-90)59(106)79-26-51(98)77-28-53(100)83-43(21-37-12-16-39(94)17-13-37)58(105)81-31-56(103)86-47(34-92)63(110)88-40(8-4-18-72-65(68)69)61(108)87-41(9-5-19-73-66(70)71)62(109)89-44(64(111)112)22-35-6-2-1-3-7-35/h1-3,6-7,10-17,40-47,90-94H,4-5,8-9,18-34,67H2,(H,74,95)(H,75,97)(H,76,96)(H,77,98)(H,78,107)(H,79,106)(H,80,104)(H,81,105)(H,82,99)(H,83,100)(H,84,101)(H,85,102)(H,86,103)(H,87,108)(H,88,110)(H,89,109)(H,111,112)(H4,68,69,72)(H4,70,71,73)/t40-,41-,42-,43-,44-,45-,46-,47-/m0/s1. The zero-order valence-electron chi connectivity index (χ0n) is 60.3. The molecule has 46 nitrogen and oxygen atoms in total. The highest BCUT2D eigenvalue weighted by atomic mass is 16.4. The fraction of sp³-hybridized carbons (Fsp3) is 0.439. The summed E-state index contributed by atoms with van der Waals surface area (Å²) in [4.78, 5) is 220. The Bertz CT molecular complexity index is 3770. The first-order chi connectivity index (χ1) is 53.2. The highest BCUT2D eigenvalue weighted by molar-refractivity contribution is 5.99. The van der Waals surface area contributed by atoms with Crippen molar-refractivity contribution < 1.29 is 112 Å². The minimum atomic E-state index is -1.81. The fourth-order valence-electron chi connectivity index (χ4n) is 9.56. The van der Waals surface area contributed by atoms with Gasteiger partial charge in [-0.05, 0) is 66.6 Å². The molecule has 16 amide bonds. The summed E-state index contributed by atoms with van der Waals surface area (Å²) in [7, 11) is 0. The molecule has 0 unspecified atom stereocenters. The van der Waals surface area contributed by atoms with E-state index >= 15 is 0 Å². The zero-order valence-corrected chi connectivity index (χ0v) is 60.3. The quantitative estimate of drug-likeness (QED) is 0.0142. The first-order valence-electron chi connectivity index (χ1n) is 34.3. The minimum absolute atomic E-state index is 0.00325. The topological polar surface area (TPSA) is 754 Å². The molecule has 0 bridgehead atoms. The van der Waals surface area contributed by atoms with Crippen molar-refractivity contribution in [3.63, 3.8) is 0 Å². The average molecular weight is 1580 g/mol. The number of hydrogen-bond donors (Lipinski definition) is 29. The van der Waals surface area contributed by atoms with Gasteiger partial charge in [0.25, 0.3) is 0 Å². The fourth-order valence-corrected chi connectivity index (χ4v) is 9.56. The third-order valence-corrected chi connectivity index (χ3v) is 15.4. The number of aliphatic hydroxyl groups is 3. The molecule has 112 heavy (non-hydrogen) atoms. The van der Waals surface area contributed by atoms with Gasteiger partial charge in [0.2, 0.25) is 94.5 Å². The number of rotatable bonds is 50. The molecule has 3 aromatic rings. The summed E-state index contributed by atoms with van der Waals surface area (Å²) >= 11 is 0. The lowest BCUT2D eigenvalue weighted by Gasteiger charge is -2.26. The van der Waals surface area contributed by atoms with E-state index in [9.17, 15) is 112 Å². The summed E-state index contributed by atoms with van der Waals surface area (Å²) in [5.74, 6) is -18.3. The second-order valence-electron chi connectivity index (χ2n) is 24.2. The van der Waals surface area contributed by atoms with Gasteiger partial charge in [0, 0.05) is 32.4 Å². The molecule has 0 aliphatic heterocycles. The van der Waals surface area contributed by atoms with Crippen molar-refractivity contribution in [2.45, 2.75) is 93.3 Å². The molecule has 0 spiro atoms. The van der Waals surface area contributed by atoms with Crippen molar-refractivity contribution in [2.75, 3.05) is 91.8 Å². The van der Waals surface area contributed by atoms with Gasteiger partial charge in [-0.2, -0.15) is 0 Å². The molecule has 8 atom stereocenters. The number of amides is 16. The van der Waals surface area contributed by atoms with Crippen LogP contribution in [0.5, 0.6) is 11.5 Å². The van der Waals surface area contributed by atoms with Gasteiger partial charge in [-0.25, -0.2) is 4.79 Å². The van der Waals surface area contributed by atoms with E-state index in [0.29, 0.717) is 16.7 Å². The van der Waals surface area contributed by atoms with E-state index in [1.165, 1.54) is 48.5 Å². The number of hydrogen-bond acceptors (Lipinski definition) is 25. The Hall–Kier alpha value is -13.4. The number of carboxylic acids is 1. The number of aliphatic carboxylic acids is 1. The maximum Gasteiger partial charge on any atom is 0.326 e. The number of guanidine groups is 2. The maximum absolute atomic E-state index is 14.0. The Labute approximate surface area is 638 Å². The van der Waals surface area contributed by atoms with Crippen LogP contribution < -0.4 is 113 Å². The number of aliphatic hydroxyl groups excluding tert-OH is 3. The van der Waals surface area contributed by atoms with Gasteiger partial charge in [-0.15, -0.1) is 0 Å². The van der Waals surface area contributed by atoms with Crippen LogP contribution >= 0.6 is 0 Å². The smallest absolute Gasteiger partial charge is 0.326 e. The van der Waals surface area contributed by atoms with Crippen LogP contribution in [-0.2, 0) is 101 Å². The monoisotopic (exact) mass is 1580 g/mol. The summed E-state index contributed by atoms with van der Waals surface area (Å²) in [6.45, 7) is -9.85. The van der Waals surface area contributed by atoms with Crippen molar-refractivity contribution in [3.05, 3.63) is 95.6 Å². The van der Waals surface area contributed by atoms with Crippen LogP contribution in [0.1, 0.15) is 42.4 Å². The average Bonchev–Trinajstić information content (AvgIpc) is 0.868. The second-order valence-corrected chi connectivity index (χ2v) is 24.2. The molecule has 0 saturated carbocycles. The van der Waals surface area contributed by atoms with Gasteiger partial charge >= 0.3 is 5.97 Å². The van der Waals surface area contributed by atoms with E-state index < -0.39 is 239 Å². The Morgan fingerprint density at radius 1 is 0.312 bits per heavy atom.